The number of anilines is 1. The fraction of sp³-hybridized carbons (Fsp3) is 0.364. The number of fused-ring (bicyclic) bond motifs is 1. The lowest BCUT2D eigenvalue weighted by atomic mass is 10.1. The maximum absolute atomic E-state index is 12.2. The summed E-state index contributed by atoms with van der Waals surface area (Å²) in [5, 5.41) is 3.45. The summed E-state index contributed by atoms with van der Waals surface area (Å²) in [4.78, 5) is 16.7. The lowest BCUT2D eigenvalue weighted by molar-refractivity contribution is -0.118. The van der Waals surface area contributed by atoms with E-state index in [1.165, 1.54) is 35.3 Å². The maximum Gasteiger partial charge on any atom is 0.264 e. The van der Waals surface area contributed by atoms with Crippen LogP contribution in [-0.4, -0.2) is 17.5 Å². The van der Waals surface area contributed by atoms with Crippen molar-refractivity contribution in [1.29, 1.82) is 0 Å². The van der Waals surface area contributed by atoms with E-state index in [1.54, 1.807) is 0 Å². The summed E-state index contributed by atoms with van der Waals surface area (Å²) in [6.45, 7) is 4.33. The minimum absolute atomic E-state index is 0.0230. The van der Waals surface area contributed by atoms with Crippen LogP contribution in [0.2, 0.25) is 0 Å². The highest BCUT2D eigenvalue weighted by molar-refractivity contribution is 7.22. The molecule has 27 heavy (non-hydrogen) atoms. The minimum atomic E-state index is -0.196. The van der Waals surface area contributed by atoms with Crippen molar-refractivity contribution < 1.29 is 9.53 Å². The van der Waals surface area contributed by atoms with E-state index < -0.39 is 0 Å². The van der Waals surface area contributed by atoms with Crippen molar-refractivity contribution in [3.05, 3.63) is 53.6 Å². The third kappa shape index (κ3) is 5.54. The molecule has 5 heteroatoms. The third-order valence-corrected chi connectivity index (χ3v) is 5.28. The van der Waals surface area contributed by atoms with Crippen LogP contribution in [0.4, 0.5) is 5.13 Å². The van der Waals surface area contributed by atoms with Gasteiger partial charge in [0, 0.05) is 0 Å². The zero-order chi connectivity index (χ0) is 19.1. The van der Waals surface area contributed by atoms with E-state index >= 15 is 0 Å². The molecule has 0 aliphatic heterocycles. The normalized spacial score (nSPS) is 10.9. The molecule has 0 bridgehead atoms. The van der Waals surface area contributed by atoms with E-state index in [2.05, 4.69) is 36.3 Å². The number of carbonyl (C=O) groups is 1. The van der Waals surface area contributed by atoms with Crippen molar-refractivity contribution in [3.8, 4) is 5.75 Å². The Morgan fingerprint density at radius 1 is 1.04 bits per heavy atom. The van der Waals surface area contributed by atoms with Crippen molar-refractivity contribution in [2.75, 3.05) is 11.9 Å². The number of hydrogen-bond donors (Lipinski definition) is 1. The molecule has 142 valence electrons. The fourth-order valence-electron chi connectivity index (χ4n) is 2.90. The van der Waals surface area contributed by atoms with Gasteiger partial charge in [-0.2, -0.15) is 0 Å². The van der Waals surface area contributed by atoms with Gasteiger partial charge < -0.3 is 4.74 Å². The van der Waals surface area contributed by atoms with Gasteiger partial charge in [-0.1, -0.05) is 56.2 Å². The van der Waals surface area contributed by atoms with Gasteiger partial charge in [0.2, 0.25) is 0 Å². The van der Waals surface area contributed by atoms with Gasteiger partial charge in [-0.05, 0) is 54.7 Å². The SMILES string of the molecule is CCCCc1ccc2nc(NC(=O)COc3ccc(CCC)cc3)sc2c1. The van der Waals surface area contributed by atoms with E-state index in [0.29, 0.717) is 10.9 Å². The molecule has 2 aromatic carbocycles. The number of thiazole rings is 1. The Morgan fingerprint density at radius 2 is 1.81 bits per heavy atom. The molecule has 0 saturated carbocycles. The predicted octanol–water partition coefficient (Wildman–Crippen LogP) is 5.61. The number of aryl methyl sites for hydroxylation is 2. The van der Waals surface area contributed by atoms with Crippen LogP contribution in [0, 0.1) is 0 Å². The van der Waals surface area contributed by atoms with Gasteiger partial charge >= 0.3 is 0 Å². The van der Waals surface area contributed by atoms with Gasteiger partial charge in [-0.25, -0.2) is 4.98 Å². The van der Waals surface area contributed by atoms with Crippen molar-refractivity contribution in [1.82, 2.24) is 4.98 Å². The van der Waals surface area contributed by atoms with Gasteiger partial charge in [-0.3, -0.25) is 10.1 Å². The van der Waals surface area contributed by atoms with Crippen LogP contribution in [0.1, 0.15) is 44.2 Å². The van der Waals surface area contributed by atoms with E-state index in [9.17, 15) is 4.79 Å². The average Bonchev–Trinajstić information content (AvgIpc) is 3.07. The maximum atomic E-state index is 12.2. The van der Waals surface area contributed by atoms with E-state index in [-0.39, 0.29) is 12.5 Å². The quantitative estimate of drug-likeness (QED) is 0.523. The Bertz CT molecular complexity index is 887. The zero-order valence-corrected chi connectivity index (χ0v) is 16.8. The number of hydrogen-bond acceptors (Lipinski definition) is 4. The van der Waals surface area contributed by atoms with Crippen LogP contribution in [-0.2, 0) is 17.6 Å². The van der Waals surface area contributed by atoms with Crippen LogP contribution < -0.4 is 10.1 Å². The monoisotopic (exact) mass is 382 g/mol. The number of unbranched alkanes of at least 4 members (excludes halogenated alkanes) is 1. The molecule has 1 heterocycles. The van der Waals surface area contributed by atoms with Gasteiger partial charge in [0.25, 0.3) is 5.91 Å². The number of rotatable bonds is 9. The number of carbonyl (C=O) groups excluding carboxylic acids is 1. The summed E-state index contributed by atoms with van der Waals surface area (Å²) in [5.41, 5.74) is 3.52. The molecule has 0 fully saturated rings. The van der Waals surface area contributed by atoms with Crippen molar-refractivity contribution in [2.24, 2.45) is 0 Å². The zero-order valence-electron chi connectivity index (χ0n) is 16.0. The summed E-state index contributed by atoms with van der Waals surface area (Å²) < 4.78 is 6.68. The standard InChI is InChI=1S/C22H26N2O2S/c1-3-5-7-17-10-13-19-20(14-17)27-22(23-19)24-21(25)15-26-18-11-8-16(6-4-2)9-12-18/h8-14H,3-7,15H2,1-2H3,(H,23,24,25). The van der Waals surface area contributed by atoms with Gasteiger partial charge in [0.05, 0.1) is 10.2 Å². The first-order valence-corrected chi connectivity index (χ1v) is 10.4. The van der Waals surface area contributed by atoms with Crippen LogP contribution in [0.5, 0.6) is 5.75 Å². The Morgan fingerprint density at radius 3 is 2.56 bits per heavy atom. The van der Waals surface area contributed by atoms with E-state index in [4.69, 9.17) is 4.74 Å². The molecule has 0 unspecified atom stereocenters. The molecule has 4 nitrogen and oxygen atoms in total. The third-order valence-electron chi connectivity index (χ3n) is 4.35. The van der Waals surface area contributed by atoms with E-state index in [0.717, 1.165) is 29.5 Å². The smallest absolute Gasteiger partial charge is 0.264 e. The average molecular weight is 383 g/mol. The molecule has 0 saturated heterocycles. The molecule has 0 radical (unpaired) electrons. The molecular weight excluding hydrogens is 356 g/mol. The largest absolute Gasteiger partial charge is 0.484 e. The summed E-state index contributed by atoms with van der Waals surface area (Å²) in [5.74, 6) is 0.507. The number of aromatic nitrogens is 1. The van der Waals surface area contributed by atoms with Crippen LogP contribution in [0.15, 0.2) is 42.5 Å². The molecule has 3 rings (SSSR count). The second kappa shape index (κ2) is 9.51. The summed E-state index contributed by atoms with van der Waals surface area (Å²) in [6.07, 6.45) is 5.62. The second-order valence-electron chi connectivity index (χ2n) is 6.66. The highest BCUT2D eigenvalue weighted by Crippen LogP contribution is 2.27. The predicted molar refractivity (Wildman–Crippen MR) is 113 cm³/mol. The fourth-order valence-corrected chi connectivity index (χ4v) is 3.85. The first-order valence-electron chi connectivity index (χ1n) is 9.59. The molecule has 0 atom stereocenters. The number of benzene rings is 2. The molecule has 1 N–H and O–H groups in total. The molecule has 0 aliphatic rings. The summed E-state index contributed by atoms with van der Waals surface area (Å²) in [7, 11) is 0. The van der Waals surface area contributed by atoms with Gasteiger partial charge in [0.1, 0.15) is 5.75 Å². The molecule has 1 aromatic heterocycles. The van der Waals surface area contributed by atoms with Gasteiger partial charge in [-0.15, -0.1) is 0 Å². The molecular formula is C22H26N2O2S. The number of amides is 1. The first kappa shape index (κ1) is 19.4. The molecule has 3 aromatic rings. The summed E-state index contributed by atoms with van der Waals surface area (Å²) >= 11 is 1.50. The molecule has 0 spiro atoms. The Labute approximate surface area is 164 Å². The van der Waals surface area contributed by atoms with Crippen LogP contribution in [0.25, 0.3) is 10.2 Å². The minimum Gasteiger partial charge on any atom is -0.484 e. The van der Waals surface area contributed by atoms with E-state index in [1.807, 2.05) is 30.3 Å². The Hall–Kier alpha value is -2.40. The number of ether oxygens (including phenoxy) is 1. The van der Waals surface area contributed by atoms with Crippen LogP contribution in [0.3, 0.4) is 0 Å². The van der Waals surface area contributed by atoms with Crippen molar-refractivity contribution in [2.45, 2.75) is 46.0 Å². The lowest BCUT2D eigenvalue weighted by Crippen LogP contribution is -2.19. The number of nitrogens with one attached hydrogen (secondary N) is 1. The highest BCUT2D eigenvalue weighted by atomic mass is 32.1. The van der Waals surface area contributed by atoms with Crippen molar-refractivity contribution >= 4 is 32.6 Å². The Kier molecular flexibility index (Phi) is 6.82. The topological polar surface area (TPSA) is 51.2 Å². The number of nitrogens with zero attached hydrogens (tertiary/aromatic N) is 1. The first-order chi connectivity index (χ1) is 13.2. The van der Waals surface area contributed by atoms with Crippen LogP contribution >= 0.6 is 11.3 Å². The lowest BCUT2D eigenvalue weighted by Gasteiger charge is -2.06. The molecule has 0 aliphatic carbocycles. The second-order valence-corrected chi connectivity index (χ2v) is 7.69. The summed E-state index contributed by atoms with van der Waals surface area (Å²) in [6, 6.07) is 14.2. The highest BCUT2D eigenvalue weighted by Gasteiger charge is 2.09. The molecule has 1 amide bonds. The Balaban J connectivity index is 1.55. The van der Waals surface area contributed by atoms with Crippen molar-refractivity contribution in [3.63, 3.8) is 0 Å². The van der Waals surface area contributed by atoms with Gasteiger partial charge in [0.15, 0.2) is 11.7 Å².